The molecule has 2 N–H and O–H groups in total. The van der Waals surface area contributed by atoms with Crippen molar-refractivity contribution in [3.05, 3.63) is 5.53 Å². The van der Waals surface area contributed by atoms with Crippen LogP contribution < -0.4 is 4.52 Å². The molecule has 5 nitrogen and oxygen atoms in total. The van der Waals surface area contributed by atoms with Gasteiger partial charge in [0.1, 0.15) is 0 Å². The summed E-state index contributed by atoms with van der Waals surface area (Å²) in [5.74, 6) is 0. The molecule has 0 aliphatic carbocycles. The van der Waals surface area contributed by atoms with E-state index in [0.717, 1.165) is 0 Å². The monoisotopic (exact) mass is 110 g/mol. The van der Waals surface area contributed by atoms with Crippen LogP contribution in [0.3, 0.4) is 0 Å². The molecule has 0 aromatic rings. The zero-order chi connectivity index (χ0) is 5.21. The molecule has 0 saturated heterocycles. The van der Waals surface area contributed by atoms with Crippen molar-refractivity contribution in [1.29, 1.82) is 0 Å². The molecule has 0 amide bonds. The Labute approximate surface area is 34.4 Å². The highest BCUT2D eigenvalue weighted by Gasteiger charge is 1.95. The van der Waals surface area contributed by atoms with Gasteiger partial charge in [-0.2, -0.15) is 4.52 Å². The van der Waals surface area contributed by atoms with Gasteiger partial charge in [0, 0.05) is 0 Å². The maximum Gasteiger partial charge on any atom is 0.493 e. The number of hydrogen-bond donors (Lipinski definition) is 2. The highest BCUT2D eigenvalue weighted by molar-refractivity contribution is 7.78. The summed E-state index contributed by atoms with van der Waals surface area (Å²) in [5.41, 5.74) is 7.31. The molecule has 0 spiro atoms. The van der Waals surface area contributed by atoms with Crippen molar-refractivity contribution < 1.29 is 17.5 Å². The van der Waals surface area contributed by atoms with Crippen LogP contribution >= 0.6 is 0 Å². The molecule has 0 heterocycles. The Bertz CT molecular complexity index is 119. The largest absolute Gasteiger partial charge is 0.493 e. The lowest BCUT2D eigenvalue weighted by Crippen LogP contribution is -2.67. The minimum absolute atomic E-state index is 0.632. The van der Waals surface area contributed by atoms with E-state index in [9.17, 15) is 8.42 Å². The SMILES string of the molecule is [N-]=[NH+]S(=O)(=O)O. The van der Waals surface area contributed by atoms with E-state index in [1.165, 1.54) is 0 Å². The second kappa shape index (κ2) is 1.31. The third-order valence-corrected chi connectivity index (χ3v) is 0.346. The van der Waals surface area contributed by atoms with Gasteiger partial charge in [0.25, 0.3) is 0 Å². The van der Waals surface area contributed by atoms with Crippen LogP contribution in [0.4, 0.5) is 0 Å². The number of nitrogens with one attached hydrogen (secondary N) is 1. The second-order valence-corrected chi connectivity index (χ2v) is 1.70. The molecule has 36 valence electrons. The van der Waals surface area contributed by atoms with Crippen LogP contribution in [0, 0.1) is 0 Å². The van der Waals surface area contributed by atoms with Crippen LogP contribution in [-0.4, -0.2) is 13.0 Å². The van der Waals surface area contributed by atoms with Gasteiger partial charge in [-0.1, -0.05) is 0 Å². The van der Waals surface area contributed by atoms with Crippen molar-refractivity contribution in [3.8, 4) is 0 Å². The van der Waals surface area contributed by atoms with Crippen LogP contribution in [-0.2, 0) is 10.3 Å². The van der Waals surface area contributed by atoms with E-state index in [-0.39, 0.29) is 0 Å². The lowest BCUT2D eigenvalue weighted by molar-refractivity contribution is -0.306. The van der Waals surface area contributed by atoms with Gasteiger partial charge in [0.05, 0.1) is 0 Å². The topological polar surface area (TPSA) is 90.6 Å². The summed E-state index contributed by atoms with van der Waals surface area (Å²) in [6.45, 7) is 0. The van der Waals surface area contributed by atoms with Crippen LogP contribution in [0.1, 0.15) is 0 Å². The van der Waals surface area contributed by atoms with Crippen molar-refractivity contribution in [2.75, 3.05) is 0 Å². The fourth-order valence-electron chi connectivity index (χ4n) is 0. The Morgan fingerprint density at radius 2 is 1.83 bits per heavy atom. The first-order chi connectivity index (χ1) is 2.56. The van der Waals surface area contributed by atoms with Gasteiger partial charge in [-0.3, -0.25) is 0 Å². The van der Waals surface area contributed by atoms with Crippen LogP contribution in [0.5, 0.6) is 0 Å². The average Bonchev–Trinajstić information content (AvgIpc) is 1.35. The molecule has 0 saturated carbocycles. The first-order valence-corrected chi connectivity index (χ1v) is 2.38. The molecule has 0 aromatic heterocycles. The number of hydrogen-bond acceptors (Lipinski definition) is 2. The van der Waals surface area contributed by atoms with Gasteiger partial charge in [-0.05, 0) is 0 Å². The van der Waals surface area contributed by atoms with E-state index < -0.39 is 10.3 Å². The quantitative estimate of drug-likeness (QED) is 0.299. The Balaban J connectivity index is 4.25. The van der Waals surface area contributed by atoms with E-state index in [1.54, 1.807) is 0 Å². The summed E-state index contributed by atoms with van der Waals surface area (Å²) in [7, 11) is -4.36. The number of rotatable bonds is 1. The predicted octanol–water partition coefficient (Wildman–Crippen LogP) is -2.11. The van der Waals surface area contributed by atoms with Gasteiger partial charge in [0.2, 0.25) is 0 Å². The Morgan fingerprint density at radius 3 is 1.83 bits per heavy atom. The van der Waals surface area contributed by atoms with Crippen molar-refractivity contribution in [3.63, 3.8) is 0 Å². The molecular formula is H2N2O3S. The Kier molecular flexibility index (Phi) is 1.20. The molecule has 6 heavy (non-hydrogen) atoms. The van der Waals surface area contributed by atoms with Crippen molar-refractivity contribution in [1.82, 2.24) is 0 Å². The molecule has 0 aromatic carbocycles. The van der Waals surface area contributed by atoms with Crippen LogP contribution in [0.2, 0.25) is 0 Å². The molecule has 0 radical (unpaired) electrons. The fraction of sp³-hybridized carbons (Fsp3) is 0. The standard InChI is InChI=1S/H2N2O3S/c1-2-6(3,4)5/h2H,(H,3,4,5). The second-order valence-electron chi connectivity index (χ2n) is 0.566. The minimum Gasteiger partial charge on any atom is -0.487 e. The summed E-state index contributed by atoms with van der Waals surface area (Å²) < 4.78 is 26.5. The Hall–Kier alpha value is -0.490. The third kappa shape index (κ3) is 3.51. The van der Waals surface area contributed by atoms with Crippen LogP contribution in [0.25, 0.3) is 5.53 Å². The molecular weight excluding hydrogens is 108 g/mol. The number of nitrogens with zero attached hydrogens (tertiary/aromatic N) is 1. The summed E-state index contributed by atoms with van der Waals surface area (Å²) in [4.78, 5) is 0. The van der Waals surface area contributed by atoms with E-state index in [2.05, 4.69) is 0 Å². The van der Waals surface area contributed by atoms with E-state index >= 15 is 0 Å². The lowest BCUT2D eigenvalue weighted by atomic mass is 13.3. The van der Waals surface area contributed by atoms with Crippen molar-refractivity contribution >= 4 is 10.3 Å². The van der Waals surface area contributed by atoms with E-state index in [4.69, 9.17) is 10.1 Å². The maximum absolute atomic E-state index is 9.19. The molecule has 0 bridgehead atoms. The first-order valence-electron chi connectivity index (χ1n) is 0.944. The van der Waals surface area contributed by atoms with Gasteiger partial charge < -0.3 is 5.53 Å². The molecule has 6 heteroatoms. The summed E-state index contributed by atoms with van der Waals surface area (Å²) in [6.07, 6.45) is 0. The summed E-state index contributed by atoms with van der Waals surface area (Å²) in [6, 6.07) is 0. The smallest absolute Gasteiger partial charge is 0.487 e. The normalized spacial score (nSPS) is 10.8. The third-order valence-electron chi connectivity index (χ3n) is 0.115. The molecule has 0 aliphatic heterocycles. The first kappa shape index (κ1) is 5.51. The zero-order valence-corrected chi connectivity index (χ0v) is 3.44. The highest BCUT2D eigenvalue weighted by Crippen LogP contribution is 1.46. The molecule has 0 aliphatic rings. The molecule has 0 unspecified atom stereocenters. The van der Waals surface area contributed by atoms with Gasteiger partial charge >= 0.3 is 10.3 Å². The van der Waals surface area contributed by atoms with Crippen molar-refractivity contribution in [2.45, 2.75) is 0 Å². The van der Waals surface area contributed by atoms with Gasteiger partial charge in [-0.25, -0.2) is 4.55 Å². The average molecular weight is 110 g/mol. The maximum atomic E-state index is 9.19. The Morgan fingerprint density at radius 1 is 1.67 bits per heavy atom. The fourth-order valence-corrected chi connectivity index (χ4v) is 0. The molecule has 0 fully saturated rings. The summed E-state index contributed by atoms with van der Waals surface area (Å²) in [5, 5.41) is 0. The van der Waals surface area contributed by atoms with Gasteiger partial charge in [0.15, 0.2) is 0 Å². The summed E-state index contributed by atoms with van der Waals surface area (Å²) >= 11 is 0. The van der Waals surface area contributed by atoms with E-state index in [0.29, 0.717) is 4.52 Å². The zero-order valence-electron chi connectivity index (χ0n) is 2.62. The minimum atomic E-state index is -4.36. The van der Waals surface area contributed by atoms with Gasteiger partial charge in [-0.15, -0.1) is 8.42 Å². The van der Waals surface area contributed by atoms with Crippen molar-refractivity contribution in [2.24, 2.45) is 0 Å². The molecule has 0 rings (SSSR count). The molecule has 0 atom stereocenters. The lowest BCUT2D eigenvalue weighted by Gasteiger charge is -1.71. The predicted molar refractivity (Wildman–Crippen MR) is 15.9 cm³/mol. The van der Waals surface area contributed by atoms with E-state index in [1.807, 2.05) is 0 Å². The highest BCUT2D eigenvalue weighted by atomic mass is 32.2. The van der Waals surface area contributed by atoms with Crippen LogP contribution in [0.15, 0.2) is 0 Å².